The Labute approximate surface area is 158 Å². The predicted octanol–water partition coefficient (Wildman–Crippen LogP) is 0.584. The van der Waals surface area contributed by atoms with Crippen LogP contribution in [0.2, 0.25) is 0 Å². The van der Waals surface area contributed by atoms with Gasteiger partial charge in [0.1, 0.15) is 0 Å². The second-order valence-electron chi connectivity index (χ2n) is 5.83. The summed E-state index contributed by atoms with van der Waals surface area (Å²) in [7, 11) is -3.83. The largest absolute Gasteiger partial charge is 0.490 e. The van der Waals surface area contributed by atoms with E-state index < -0.39 is 28.0 Å². The van der Waals surface area contributed by atoms with Crippen molar-refractivity contribution in [2.24, 2.45) is 0 Å². The third-order valence-electron chi connectivity index (χ3n) is 3.68. The van der Waals surface area contributed by atoms with E-state index >= 15 is 0 Å². The minimum atomic E-state index is -3.83. The van der Waals surface area contributed by atoms with Gasteiger partial charge in [-0.05, 0) is 26.0 Å². The number of benzene rings is 1. The number of amides is 1. The van der Waals surface area contributed by atoms with Crippen molar-refractivity contribution < 1.29 is 32.2 Å². The zero-order chi connectivity index (χ0) is 19.9. The van der Waals surface area contributed by atoms with Crippen LogP contribution in [0.25, 0.3) is 0 Å². The van der Waals surface area contributed by atoms with Gasteiger partial charge < -0.3 is 19.5 Å². The normalized spacial score (nSPS) is 14.7. The standard InChI is InChI=1S/C17H24N2O7S/c1-3-18-17(21)12(2)26-16(20)7-8-19-27(22,23)13-5-6-14-15(11-13)25-10-4-9-24-14/h5-6,11-12,19H,3-4,7-10H2,1-2H3,(H,18,21)/t12-/m0/s1. The van der Waals surface area contributed by atoms with E-state index in [0.717, 1.165) is 0 Å². The van der Waals surface area contributed by atoms with Gasteiger partial charge in [-0.1, -0.05) is 0 Å². The topological polar surface area (TPSA) is 120 Å². The molecule has 0 aliphatic carbocycles. The zero-order valence-electron chi connectivity index (χ0n) is 15.3. The number of fused-ring (bicyclic) bond motifs is 1. The number of carbonyl (C=O) groups is 2. The van der Waals surface area contributed by atoms with Crippen molar-refractivity contribution in [2.45, 2.75) is 37.7 Å². The fourth-order valence-electron chi connectivity index (χ4n) is 2.31. The minimum absolute atomic E-state index is 0.0100. The van der Waals surface area contributed by atoms with Gasteiger partial charge in [-0.15, -0.1) is 0 Å². The molecular formula is C17H24N2O7S. The maximum absolute atomic E-state index is 12.4. The van der Waals surface area contributed by atoms with Gasteiger partial charge in [0, 0.05) is 25.6 Å². The Morgan fingerprint density at radius 3 is 2.63 bits per heavy atom. The smallest absolute Gasteiger partial charge is 0.307 e. The first kappa shape index (κ1) is 21.0. The van der Waals surface area contributed by atoms with Crippen molar-refractivity contribution >= 4 is 21.9 Å². The molecule has 10 heteroatoms. The molecule has 2 rings (SSSR count). The molecule has 0 unspecified atom stereocenters. The van der Waals surface area contributed by atoms with Crippen LogP contribution >= 0.6 is 0 Å². The molecule has 1 aromatic rings. The molecule has 1 aromatic carbocycles. The maximum Gasteiger partial charge on any atom is 0.307 e. The highest BCUT2D eigenvalue weighted by molar-refractivity contribution is 7.89. The first-order valence-electron chi connectivity index (χ1n) is 8.70. The fraction of sp³-hybridized carbons (Fsp3) is 0.529. The summed E-state index contributed by atoms with van der Waals surface area (Å²) in [6.07, 6.45) is -0.421. The number of carbonyl (C=O) groups excluding carboxylic acids is 2. The van der Waals surface area contributed by atoms with Crippen LogP contribution in [-0.2, 0) is 24.3 Å². The molecule has 0 fully saturated rings. The number of sulfonamides is 1. The summed E-state index contributed by atoms with van der Waals surface area (Å²) in [6.45, 7) is 4.42. The average Bonchev–Trinajstić information content (AvgIpc) is 2.86. The van der Waals surface area contributed by atoms with Crippen LogP contribution in [0.5, 0.6) is 11.5 Å². The van der Waals surface area contributed by atoms with E-state index in [2.05, 4.69) is 10.0 Å². The van der Waals surface area contributed by atoms with Gasteiger partial charge in [-0.3, -0.25) is 9.59 Å². The Balaban J connectivity index is 1.88. The first-order valence-corrected chi connectivity index (χ1v) is 10.2. The molecule has 27 heavy (non-hydrogen) atoms. The summed E-state index contributed by atoms with van der Waals surface area (Å²) in [4.78, 5) is 23.3. The quantitative estimate of drug-likeness (QED) is 0.613. The summed E-state index contributed by atoms with van der Waals surface area (Å²) in [5, 5.41) is 2.53. The number of esters is 1. The molecular weight excluding hydrogens is 376 g/mol. The molecule has 1 amide bonds. The van der Waals surface area contributed by atoms with E-state index in [0.29, 0.717) is 37.7 Å². The molecule has 9 nitrogen and oxygen atoms in total. The van der Waals surface area contributed by atoms with Crippen LogP contribution in [0.4, 0.5) is 0 Å². The lowest BCUT2D eigenvalue weighted by molar-refractivity contribution is -0.154. The van der Waals surface area contributed by atoms with Crippen molar-refractivity contribution in [1.82, 2.24) is 10.0 Å². The lowest BCUT2D eigenvalue weighted by Gasteiger charge is -2.13. The van der Waals surface area contributed by atoms with Crippen LogP contribution in [0.3, 0.4) is 0 Å². The summed E-state index contributed by atoms with van der Waals surface area (Å²) < 4.78 is 43.0. The molecule has 1 aliphatic heterocycles. The summed E-state index contributed by atoms with van der Waals surface area (Å²) in [6, 6.07) is 4.33. The molecule has 150 valence electrons. The minimum Gasteiger partial charge on any atom is -0.490 e. The lowest BCUT2D eigenvalue weighted by Crippen LogP contribution is -2.36. The van der Waals surface area contributed by atoms with Crippen molar-refractivity contribution in [3.05, 3.63) is 18.2 Å². The third-order valence-corrected chi connectivity index (χ3v) is 5.14. The predicted molar refractivity (Wildman–Crippen MR) is 96.1 cm³/mol. The molecule has 1 heterocycles. The lowest BCUT2D eigenvalue weighted by atomic mass is 10.3. The van der Waals surface area contributed by atoms with Gasteiger partial charge in [0.2, 0.25) is 10.0 Å². The Morgan fingerprint density at radius 1 is 1.22 bits per heavy atom. The molecule has 0 bridgehead atoms. The van der Waals surface area contributed by atoms with Crippen molar-refractivity contribution in [1.29, 1.82) is 0 Å². The Kier molecular flexibility index (Phi) is 7.43. The van der Waals surface area contributed by atoms with E-state index in [1.807, 2.05) is 0 Å². The molecule has 1 atom stereocenters. The van der Waals surface area contributed by atoms with Crippen LogP contribution in [0, 0.1) is 0 Å². The molecule has 0 spiro atoms. The highest BCUT2D eigenvalue weighted by Crippen LogP contribution is 2.31. The van der Waals surface area contributed by atoms with E-state index in [1.54, 1.807) is 6.92 Å². The maximum atomic E-state index is 12.4. The number of rotatable bonds is 8. The Hall–Kier alpha value is -2.33. The fourth-order valence-corrected chi connectivity index (χ4v) is 3.36. The number of hydrogen-bond donors (Lipinski definition) is 2. The summed E-state index contributed by atoms with van der Waals surface area (Å²) >= 11 is 0. The van der Waals surface area contributed by atoms with Gasteiger partial charge >= 0.3 is 5.97 Å². The van der Waals surface area contributed by atoms with Crippen LogP contribution in [0.15, 0.2) is 23.1 Å². The average molecular weight is 400 g/mol. The molecule has 2 N–H and O–H groups in total. The van der Waals surface area contributed by atoms with Crippen molar-refractivity contribution in [3.63, 3.8) is 0 Å². The van der Waals surface area contributed by atoms with E-state index in [1.165, 1.54) is 25.1 Å². The van der Waals surface area contributed by atoms with Crippen molar-refractivity contribution in [2.75, 3.05) is 26.3 Å². The van der Waals surface area contributed by atoms with Gasteiger partial charge in [-0.2, -0.15) is 0 Å². The highest BCUT2D eigenvalue weighted by atomic mass is 32.2. The Bertz CT molecular complexity index is 779. The second kappa shape index (κ2) is 9.56. The van der Waals surface area contributed by atoms with E-state index in [4.69, 9.17) is 14.2 Å². The van der Waals surface area contributed by atoms with Crippen LogP contribution in [-0.4, -0.2) is 52.7 Å². The van der Waals surface area contributed by atoms with E-state index in [9.17, 15) is 18.0 Å². The van der Waals surface area contributed by atoms with Crippen molar-refractivity contribution in [3.8, 4) is 11.5 Å². The molecule has 0 saturated carbocycles. The van der Waals surface area contributed by atoms with E-state index in [-0.39, 0.29) is 17.9 Å². The summed E-state index contributed by atoms with van der Waals surface area (Å²) in [5.41, 5.74) is 0. The van der Waals surface area contributed by atoms with Gasteiger partial charge in [0.25, 0.3) is 5.91 Å². The molecule has 1 aliphatic rings. The van der Waals surface area contributed by atoms with Gasteiger partial charge in [0.05, 0.1) is 24.5 Å². The third kappa shape index (κ3) is 6.10. The van der Waals surface area contributed by atoms with Gasteiger partial charge in [0.15, 0.2) is 17.6 Å². The Morgan fingerprint density at radius 2 is 1.93 bits per heavy atom. The number of likely N-dealkylation sites (N-methyl/N-ethyl adjacent to an activating group) is 1. The monoisotopic (exact) mass is 400 g/mol. The number of nitrogens with one attached hydrogen (secondary N) is 2. The summed E-state index contributed by atoms with van der Waals surface area (Å²) in [5.74, 6) is -0.214. The highest BCUT2D eigenvalue weighted by Gasteiger charge is 2.20. The number of ether oxygens (including phenoxy) is 3. The molecule has 0 aromatic heterocycles. The van der Waals surface area contributed by atoms with Crippen LogP contribution in [0.1, 0.15) is 26.7 Å². The SMILES string of the molecule is CCNC(=O)[C@H](C)OC(=O)CCNS(=O)(=O)c1ccc2c(c1)OCCCO2. The van der Waals surface area contributed by atoms with Crippen LogP contribution < -0.4 is 19.5 Å². The second-order valence-corrected chi connectivity index (χ2v) is 7.60. The van der Waals surface area contributed by atoms with Gasteiger partial charge in [-0.25, -0.2) is 13.1 Å². The number of hydrogen-bond acceptors (Lipinski definition) is 7. The zero-order valence-corrected chi connectivity index (χ0v) is 16.1. The molecule has 0 radical (unpaired) electrons. The molecule has 0 saturated heterocycles. The first-order chi connectivity index (χ1) is 12.8.